The van der Waals surface area contributed by atoms with Crippen LogP contribution in [0.1, 0.15) is 12.5 Å². The molecule has 1 aromatic carbocycles. The van der Waals surface area contributed by atoms with Crippen molar-refractivity contribution in [3.63, 3.8) is 0 Å². The zero-order valence-corrected chi connectivity index (χ0v) is 13.7. The topological polar surface area (TPSA) is 105 Å². The SMILES string of the molecule is CSCC(C)NCCS(=O)(=O)c1cccc(/C(N)=N/O)c1. The van der Waals surface area contributed by atoms with Gasteiger partial charge in [-0.1, -0.05) is 17.3 Å². The minimum Gasteiger partial charge on any atom is -0.409 e. The summed E-state index contributed by atoms with van der Waals surface area (Å²) in [5.74, 6) is 0.823. The van der Waals surface area contributed by atoms with Crippen molar-refractivity contribution in [1.82, 2.24) is 5.32 Å². The van der Waals surface area contributed by atoms with E-state index in [1.807, 2.05) is 13.2 Å². The lowest BCUT2D eigenvalue weighted by Crippen LogP contribution is -2.32. The molecule has 0 saturated carbocycles. The Labute approximate surface area is 129 Å². The van der Waals surface area contributed by atoms with Gasteiger partial charge in [-0.25, -0.2) is 8.42 Å². The van der Waals surface area contributed by atoms with Crippen molar-refractivity contribution in [3.8, 4) is 0 Å². The maximum Gasteiger partial charge on any atom is 0.179 e. The predicted molar refractivity (Wildman–Crippen MR) is 86.9 cm³/mol. The Balaban J connectivity index is 2.75. The van der Waals surface area contributed by atoms with Crippen LogP contribution in [0.2, 0.25) is 0 Å². The maximum absolute atomic E-state index is 12.2. The van der Waals surface area contributed by atoms with E-state index >= 15 is 0 Å². The fourth-order valence-corrected chi connectivity index (χ4v) is 3.61. The number of hydrogen-bond donors (Lipinski definition) is 3. The minimum atomic E-state index is -3.40. The molecule has 1 atom stereocenters. The molecular weight excluding hydrogens is 310 g/mol. The van der Waals surface area contributed by atoms with Crippen LogP contribution in [0.25, 0.3) is 0 Å². The quantitative estimate of drug-likeness (QED) is 0.283. The Bertz CT molecular complexity index is 588. The first-order valence-electron chi connectivity index (χ1n) is 6.43. The number of nitrogens with zero attached hydrogens (tertiary/aromatic N) is 1. The Morgan fingerprint density at radius 2 is 2.24 bits per heavy atom. The molecule has 1 aromatic rings. The summed E-state index contributed by atoms with van der Waals surface area (Å²) in [5.41, 5.74) is 5.85. The van der Waals surface area contributed by atoms with E-state index in [0.717, 1.165) is 5.75 Å². The third kappa shape index (κ3) is 5.56. The monoisotopic (exact) mass is 331 g/mol. The molecule has 1 unspecified atom stereocenters. The van der Waals surface area contributed by atoms with Crippen molar-refractivity contribution in [2.24, 2.45) is 10.9 Å². The Morgan fingerprint density at radius 3 is 2.86 bits per heavy atom. The third-order valence-electron chi connectivity index (χ3n) is 2.88. The van der Waals surface area contributed by atoms with Crippen LogP contribution in [0.15, 0.2) is 34.3 Å². The number of benzene rings is 1. The maximum atomic E-state index is 12.2. The second-order valence-corrected chi connectivity index (χ2v) is 7.66. The molecule has 1 rings (SSSR count). The van der Waals surface area contributed by atoms with Crippen LogP contribution in [-0.4, -0.2) is 49.8 Å². The van der Waals surface area contributed by atoms with Crippen molar-refractivity contribution in [2.45, 2.75) is 17.9 Å². The largest absolute Gasteiger partial charge is 0.409 e. The number of thioether (sulfide) groups is 1. The van der Waals surface area contributed by atoms with E-state index in [9.17, 15) is 8.42 Å². The highest BCUT2D eigenvalue weighted by Crippen LogP contribution is 2.13. The number of oxime groups is 1. The second-order valence-electron chi connectivity index (χ2n) is 4.64. The molecule has 118 valence electrons. The van der Waals surface area contributed by atoms with Gasteiger partial charge in [0.2, 0.25) is 0 Å². The highest BCUT2D eigenvalue weighted by Gasteiger charge is 2.15. The van der Waals surface area contributed by atoms with Gasteiger partial charge < -0.3 is 16.3 Å². The normalized spacial score (nSPS) is 14.1. The molecule has 0 aliphatic heterocycles. The number of nitrogens with two attached hydrogens (primary N) is 1. The molecule has 0 spiro atoms. The first-order chi connectivity index (χ1) is 9.90. The molecule has 0 radical (unpaired) electrons. The summed E-state index contributed by atoms with van der Waals surface area (Å²) < 4.78 is 24.5. The molecule has 0 heterocycles. The summed E-state index contributed by atoms with van der Waals surface area (Å²) in [6.07, 6.45) is 2.01. The van der Waals surface area contributed by atoms with Gasteiger partial charge in [0, 0.05) is 23.9 Å². The van der Waals surface area contributed by atoms with Gasteiger partial charge in [0.25, 0.3) is 0 Å². The van der Waals surface area contributed by atoms with E-state index in [1.165, 1.54) is 12.1 Å². The van der Waals surface area contributed by atoms with Crippen molar-refractivity contribution < 1.29 is 13.6 Å². The number of hydrogen-bond acceptors (Lipinski definition) is 6. The van der Waals surface area contributed by atoms with Crippen LogP contribution in [0.5, 0.6) is 0 Å². The van der Waals surface area contributed by atoms with Gasteiger partial charge in [0.05, 0.1) is 10.6 Å². The Hall–Kier alpha value is -1.25. The molecule has 0 aliphatic carbocycles. The summed E-state index contributed by atoms with van der Waals surface area (Å²) in [7, 11) is -3.40. The molecule has 0 bridgehead atoms. The van der Waals surface area contributed by atoms with E-state index in [4.69, 9.17) is 10.9 Å². The van der Waals surface area contributed by atoms with Gasteiger partial charge in [-0.05, 0) is 25.3 Å². The van der Waals surface area contributed by atoms with Gasteiger partial charge in [0.1, 0.15) is 0 Å². The van der Waals surface area contributed by atoms with Crippen LogP contribution in [-0.2, 0) is 9.84 Å². The van der Waals surface area contributed by atoms with Gasteiger partial charge in [0.15, 0.2) is 15.7 Å². The molecule has 6 nitrogen and oxygen atoms in total. The standard InChI is InChI=1S/C13H21N3O3S2/c1-10(9-20-2)15-6-7-21(18,19)12-5-3-4-11(8-12)13(14)16-17/h3-5,8,10,15,17H,6-7,9H2,1-2H3,(H2,14,16). The number of nitrogens with one attached hydrogen (secondary N) is 1. The lowest BCUT2D eigenvalue weighted by Gasteiger charge is -2.12. The van der Waals surface area contributed by atoms with Crippen LogP contribution >= 0.6 is 11.8 Å². The lowest BCUT2D eigenvalue weighted by molar-refractivity contribution is 0.318. The van der Waals surface area contributed by atoms with Gasteiger partial charge >= 0.3 is 0 Å². The molecule has 0 aliphatic rings. The predicted octanol–water partition coefficient (Wildman–Crippen LogP) is 0.896. The van der Waals surface area contributed by atoms with E-state index in [-0.39, 0.29) is 22.5 Å². The Morgan fingerprint density at radius 1 is 1.52 bits per heavy atom. The molecule has 4 N–H and O–H groups in total. The average molecular weight is 331 g/mol. The average Bonchev–Trinajstić information content (AvgIpc) is 2.46. The number of amidine groups is 1. The highest BCUT2D eigenvalue weighted by molar-refractivity contribution is 7.98. The summed E-state index contributed by atoms with van der Waals surface area (Å²) in [5, 5.41) is 14.7. The van der Waals surface area contributed by atoms with Gasteiger partial charge in [-0.3, -0.25) is 0 Å². The molecule has 0 aromatic heterocycles. The molecule has 21 heavy (non-hydrogen) atoms. The van der Waals surface area contributed by atoms with Crippen LogP contribution in [0, 0.1) is 0 Å². The zero-order valence-electron chi connectivity index (χ0n) is 12.1. The minimum absolute atomic E-state index is 0.00530. The fraction of sp³-hybridized carbons (Fsp3) is 0.462. The first kappa shape index (κ1) is 17.8. The molecule has 0 fully saturated rings. The summed E-state index contributed by atoms with van der Waals surface area (Å²) in [4.78, 5) is 0.172. The molecule has 0 amide bonds. The Kier molecular flexibility index (Phi) is 7.00. The fourth-order valence-electron chi connectivity index (χ4n) is 1.77. The number of rotatable bonds is 8. The number of sulfone groups is 1. The first-order valence-corrected chi connectivity index (χ1v) is 9.48. The van der Waals surface area contributed by atoms with Gasteiger partial charge in [-0.15, -0.1) is 0 Å². The second kappa shape index (κ2) is 8.26. The van der Waals surface area contributed by atoms with Crippen molar-refractivity contribution in [1.29, 1.82) is 0 Å². The zero-order chi connectivity index (χ0) is 15.9. The third-order valence-corrected chi connectivity index (χ3v) is 5.42. The van der Waals surface area contributed by atoms with Crippen LogP contribution < -0.4 is 11.1 Å². The highest BCUT2D eigenvalue weighted by atomic mass is 32.2. The molecular formula is C13H21N3O3S2. The van der Waals surface area contributed by atoms with Crippen molar-refractivity contribution in [2.75, 3.05) is 24.3 Å². The van der Waals surface area contributed by atoms with Crippen molar-refractivity contribution in [3.05, 3.63) is 29.8 Å². The smallest absolute Gasteiger partial charge is 0.179 e. The van der Waals surface area contributed by atoms with Gasteiger partial charge in [-0.2, -0.15) is 11.8 Å². The summed E-state index contributed by atoms with van der Waals surface area (Å²) in [6, 6.07) is 6.35. The van der Waals surface area contributed by atoms with E-state index < -0.39 is 9.84 Å². The van der Waals surface area contributed by atoms with E-state index in [2.05, 4.69) is 10.5 Å². The van der Waals surface area contributed by atoms with E-state index in [1.54, 1.807) is 23.9 Å². The van der Waals surface area contributed by atoms with Crippen LogP contribution in [0.4, 0.5) is 0 Å². The summed E-state index contributed by atoms with van der Waals surface area (Å²) in [6.45, 7) is 2.40. The van der Waals surface area contributed by atoms with Crippen LogP contribution in [0.3, 0.4) is 0 Å². The van der Waals surface area contributed by atoms with Crippen molar-refractivity contribution >= 4 is 27.4 Å². The molecule has 0 saturated heterocycles. The lowest BCUT2D eigenvalue weighted by atomic mass is 10.2. The van der Waals surface area contributed by atoms with E-state index in [0.29, 0.717) is 12.1 Å². The molecule has 8 heteroatoms. The summed E-state index contributed by atoms with van der Waals surface area (Å²) >= 11 is 1.71.